The fourth-order valence-corrected chi connectivity index (χ4v) is 1.42. The number of aliphatic carboxylic acids is 1. The van der Waals surface area contributed by atoms with Gasteiger partial charge in [-0.2, -0.15) is 37.9 Å². The quantitative estimate of drug-likeness (QED) is 0.345. The third kappa shape index (κ3) is 2.37. The fraction of sp³-hybridized carbons (Fsp3) is 0.800. The summed E-state index contributed by atoms with van der Waals surface area (Å²) in [5, 5.41) is 8.38. The molecule has 0 saturated carbocycles. The van der Waals surface area contributed by atoms with Crippen LogP contribution in [0, 0.1) is 0 Å². The molecule has 7 heteroatoms. The Morgan fingerprint density at radius 3 is 1.75 bits per heavy atom. The Morgan fingerprint density at radius 1 is 1.33 bits per heavy atom. The van der Waals surface area contributed by atoms with Crippen molar-refractivity contribution in [2.75, 3.05) is 0 Å². The Morgan fingerprint density at radius 2 is 1.67 bits per heavy atom. The van der Waals surface area contributed by atoms with Crippen molar-refractivity contribution in [2.24, 2.45) is 0 Å². The van der Waals surface area contributed by atoms with E-state index in [0.717, 1.165) is 0 Å². The summed E-state index contributed by atoms with van der Waals surface area (Å²) in [4.78, 5) is 10.7. The van der Waals surface area contributed by atoms with Crippen molar-refractivity contribution in [1.29, 1.82) is 0 Å². The average molecular weight is 262 g/mol. The van der Waals surface area contributed by atoms with Crippen LogP contribution in [0.25, 0.3) is 0 Å². The van der Waals surface area contributed by atoms with E-state index in [4.69, 9.17) is 5.11 Å². The van der Waals surface area contributed by atoms with Crippen molar-refractivity contribution in [3.63, 3.8) is 0 Å². The Labute approximate surface area is 98.9 Å². The summed E-state index contributed by atoms with van der Waals surface area (Å²) in [7, 11) is 0. The molecule has 0 fully saturated rings. The van der Waals surface area contributed by atoms with Crippen LogP contribution in [0.3, 0.4) is 0 Å². The van der Waals surface area contributed by atoms with Crippen molar-refractivity contribution in [1.82, 2.24) is 0 Å². The third-order valence-electron chi connectivity index (χ3n) is 1.39. The van der Waals surface area contributed by atoms with Crippen LogP contribution in [-0.2, 0) is 4.79 Å². The molecule has 0 rings (SSSR count). The number of rotatable bonds is 3. The molecule has 0 saturated heterocycles. The topological polar surface area (TPSA) is 37.3 Å². The first kappa shape index (κ1) is 13.2. The number of hydrogen-bond acceptors (Lipinski definition) is 6. The second-order valence-corrected chi connectivity index (χ2v) is 6.61. The molecule has 0 aromatic carbocycles. The highest BCUT2D eigenvalue weighted by molar-refractivity contribution is 8.09. The minimum Gasteiger partial charge on any atom is -0.480 e. The predicted molar refractivity (Wildman–Crippen MR) is 67.5 cm³/mol. The molecule has 0 radical (unpaired) electrons. The van der Waals surface area contributed by atoms with Crippen LogP contribution in [0.5, 0.6) is 0 Å². The van der Waals surface area contributed by atoms with Crippen molar-refractivity contribution >= 4 is 69.1 Å². The molecule has 1 unspecified atom stereocenters. The summed E-state index contributed by atoms with van der Waals surface area (Å²) in [6, 6.07) is 0. The first-order chi connectivity index (χ1) is 5.14. The van der Waals surface area contributed by atoms with E-state index in [1.165, 1.54) is 0 Å². The summed E-state index contributed by atoms with van der Waals surface area (Å²) in [6.45, 7) is 1.67. The number of hydrogen-bond donors (Lipinski definition) is 6. The maximum absolute atomic E-state index is 10.7. The van der Waals surface area contributed by atoms with Gasteiger partial charge in [0, 0.05) is 5.25 Å². The van der Waals surface area contributed by atoms with Gasteiger partial charge in [0.15, 0.2) is 4.08 Å². The third-order valence-corrected chi connectivity index (χ3v) is 5.43. The van der Waals surface area contributed by atoms with Gasteiger partial charge in [-0.1, -0.05) is 6.92 Å². The summed E-state index contributed by atoms with van der Waals surface area (Å²) in [5.41, 5.74) is 0. The van der Waals surface area contributed by atoms with Crippen molar-refractivity contribution in [3.05, 3.63) is 0 Å². The largest absolute Gasteiger partial charge is 0.480 e. The van der Waals surface area contributed by atoms with Crippen LogP contribution in [0.2, 0.25) is 0 Å². The Balaban J connectivity index is 4.88. The second-order valence-electron chi connectivity index (χ2n) is 2.38. The van der Waals surface area contributed by atoms with Crippen molar-refractivity contribution in [2.45, 2.75) is 20.3 Å². The lowest BCUT2D eigenvalue weighted by atomic mass is 10.2. The lowest BCUT2D eigenvalue weighted by Crippen LogP contribution is -2.48. The van der Waals surface area contributed by atoms with Crippen LogP contribution in [0.4, 0.5) is 0 Å². The van der Waals surface area contributed by atoms with Gasteiger partial charge in [0.25, 0.3) is 0 Å². The van der Waals surface area contributed by atoms with Gasteiger partial charge >= 0.3 is 5.97 Å². The van der Waals surface area contributed by atoms with Gasteiger partial charge in [-0.05, 0) is 0 Å². The minimum absolute atomic E-state index is 0.365. The van der Waals surface area contributed by atoms with E-state index in [9.17, 15) is 4.79 Å². The molecule has 12 heavy (non-hydrogen) atoms. The Bertz CT molecular complexity index is 188. The Hall–Kier alpha value is 1.22. The van der Waals surface area contributed by atoms with Crippen LogP contribution in [0.1, 0.15) is 6.92 Å². The van der Waals surface area contributed by atoms with Crippen molar-refractivity contribution < 1.29 is 9.90 Å². The molecular formula is C5H10O2S5. The summed E-state index contributed by atoms with van der Waals surface area (Å²) in [6.07, 6.45) is 0. The summed E-state index contributed by atoms with van der Waals surface area (Å²) in [5.74, 6) is -1.19. The van der Waals surface area contributed by atoms with Crippen LogP contribution < -0.4 is 0 Å². The molecule has 0 aliphatic carbocycles. The van der Waals surface area contributed by atoms with Crippen LogP contribution in [-0.4, -0.2) is 24.5 Å². The molecule has 1 atom stereocenters. The van der Waals surface area contributed by atoms with E-state index < -0.39 is 14.1 Å². The molecule has 1 N–H and O–H groups in total. The summed E-state index contributed by atoms with van der Waals surface area (Å²) >= 11 is 19.9. The molecule has 0 aliphatic heterocycles. The molecule has 0 aromatic heterocycles. The first-order valence-electron chi connectivity index (χ1n) is 2.95. The van der Waals surface area contributed by atoms with E-state index in [2.05, 4.69) is 63.1 Å². The fourth-order valence-electron chi connectivity index (χ4n) is 0.449. The molecular weight excluding hydrogens is 252 g/mol. The monoisotopic (exact) mass is 262 g/mol. The first-order valence-corrected chi connectivity index (χ1v) is 5.25. The highest BCUT2D eigenvalue weighted by Gasteiger charge is 2.50. The average Bonchev–Trinajstić information content (AvgIpc) is 1.86. The minimum atomic E-state index is -1.62. The highest BCUT2D eigenvalue weighted by Crippen LogP contribution is 2.45. The molecule has 0 amide bonds. The van der Waals surface area contributed by atoms with Gasteiger partial charge in [0.1, 0.15) is 4.08 Å². The maximum atomic E-state index is 10.7. The normalized spacial score (nSPS) is 15.8. The smallest absolute Gasteiger partial charge is 0.331 e. The number of thiol groups is 5. The van der Waals surface area contributed by atoms with Gasteiger partial charge in [0.2, 0.25) is 0 Å². The lowest BCUT2D eigenvalue weighted by molar-refractivity contribution is -0.137. The van der Waals surface area contributed by atoms with E-state index >= 15 is 0 Å². The number of carboxylic acid groups (broad SMARTS) is 1. The van der Waals surface area contributed by atoms with E-state index in [1.54, 1.807) is 6.92 Å². The highest BCUT2D eigenvalue weighted by atomic mass is 32.2. The molecule has 0 aliphatic rings. The number of carboxylic acids is 1. The molecule has 72 valence electrons. The predicted octanol–water partition coefficient (Wildman–Crippen LogP) is 1.50. The SMILES string of the molecule is CC(S)C(S)(S)C(S)(S)C(=O)O. The lowest BCUT2D eigenvalue weighted by Gasteiger charge is -2.36. The zero-order chi connectivity index (χ0) is 10.2. The van der Waals surface area contributed by atoms with Gasteiger partial charge in [-0.3, -0.25) is 0 Å². The van der Waals surface area contributed by atoms with Gasteiger partial charge in [-0.25, -0.2) is 4.79 Å². The molecule has 0 spiro atoms. The molecule has 0 bridgehead atoms. The van der Waals surface area contributed by atoms with Gasteiger partial charge in [0.05, 0.1) is 0 Å². The summed E-state index contributed by atoms with van der Waals surface area (Å²) < 4.78 is -2.82. The van der Waals surface area contributed by atoms with E-state index in [1.807, 2.05) is 0 Å². The van der Waals surface area contributed by atoms with E-state index in [0.29, 0.717) is 0 Å². The van der Waals surface area contributed by atoms with E-state index in [-0.39, 0.29) is 5.25 Å². The molecule has 0 heterocycles. The molecule has 2 nitrogen and oxygen atoms in total. The van der Waals surface area contributed by atoms with Crippen LogP contribution >= 0.6 is 63.1 Å². The van der Waals surface area contributed by atoms with Crippen molar-refractivity contribution in [3.8, 4) is 0 Å². The second kappa shape index (κ2) is 4.16. The van der Waals surface area contributed by atoms with Crippen LogP contribution in [0.15, 0.2) is 0 Å². The standard InChI is InChI=1S/C5H10O2S5/c1-2(8)4(9,10)5(11,12)3(6)7/h2,8-12H,1H3,(H,6,7). The Kier molecular flexibility index (Phi) is 4.59. The maximum Gasteiger partial charge on any atom is 0.331 e. The van der Waals surface area contributed by atoms with Gasteiger partial charge < -0.3 is 5.11 Å². The molecule has 0 aromatic rings. The van der Waals surface area contributed by atoms with Gasteiger partial charge in [-0.15, -0.1) is 25.3 Å². The number of carbonyl (C=O) groups is 1. The zero-order valence-electron chi connectivity index (χ0n) is 6.17. The zero-order valence-corrected chi connectivity index (χ0v) is 10.6.